The third-order valence-corrected chi connectivity index (χ3v) is 4.11. The summed E-state index contributed by atoms with van der Waals surface area (Å²) in [6.45, 7) is 6.94. The molecule has 0 aliphatic carbocycles. The number of carbonyl (C=O) groups is 1. The van der Waals surface area contributed by atoms with Gasteiger partial charge in [-0.2, -0.15) is 0 Å². The Morgan fingerprint density at radius 2 is 1.91 bits per heavy atom. The fourth-order valence-electron chi connectivity index (χ4n) is 3.06. The molecule has 0 bridgehead atoms. The number of H-pyrrole nitrogens is 1. The van der Waals surface area contributed by atoms with Gasteiger partial charge in [-0.3, -0.25) is 0 Å². The second-order valence-electron chi connectivity index (χ2n) is 7.05. The first-order valence-corrected chi connectivity index (χ1v) is 8.14. The van der Waals surface area contributed by atoms with E-state index in [9.17, 15) is 4.79 Å². The van der Waals surface area contributed by atoms with E-state index in [1.165, 1.54) is 16.5 Å². The Labute approximate surface area is 136 Å². The number of hydrogen-bond donors (Lipinski definition) is 1. The molecule has 1 aliphatic heterocycles. The molecule has 3 rings (SSSR count). The molecule has 0 unspecified atom stereocenters. The summed E-state index contributed by atoms with van der Waals surface area (Å²) >= 11 is 0. The Morgan fingerprint density at radius 3 is 2.61 bits per heavy atom. The molecule has 5 heteroatoms. The largest absolute Gasteiger partial charge is 0.528 e. The monoisotopic (exact) mass is 316 g/mol. The van der Waals surface area contributed by atoms with Gasteiger partial charge in [0.15, 0.2) is 0 Å². The van der Waals surface area contributed by atoms with E-state index in [2.05, 4.69) is 29.4 Å². The molecule has 0 saturated carbocycles. The summed E-state index contributed by atoms with van der Waals surface area (Å²) < 4.78 is 5.19. The highest BCUT2D eigenvalue weighted by molar-refractivity contribution is 5.83. The lowest BCUT2D eigenvalue weighted by atomic mass is 9.90. The van der Waals surface area contributed by atoms with E-state index >= 15 is 0 Å². The molecule has 0 spiro atoms. The first kappa shape index (κ1) is 15.9. The van der Waals surface area contributed by atoms with Gasteiger partial charge in [-0.1, -0.05) is 18.2 Å². The van der Waals surface area contributed by atoms with E-state index in [4.69, 9.17) is 9.57 Å². The smallest absolute Gasteiger partial charge is 0.427 e. The number of rotatable bonds is 2. The molecule has 0 atom stereocenters. The fourth-order valence-corrected chi connectivity index (χ4v) is 3.06. The Hall–Kier alpha value is -2.01. The molecule has 124 valence electrons. The lowest BCUT2D eigenvalue weighted by Gasteiger charge is -2.31. The number of nitrogens with one attached hydrogen (secondary N) is 1. The lowest BCUT2D eigenvalue weighted by Crippen LogP contribution is -2.37. The van der Waals surface area contributed by atoms with Crippen LogP contribution in [0.25, 0.3) is 10.9 Å². The van der Waals surface area contributed by atoms with Crippen molar-refractivity contribution >= 4 is 17.1 Å². The van der Waals surface area contributed by atoms with E-state index in [1.54, 1.807) is 5.06 Å². The topological polar surface area (TPSA) is 54.6 Å². The van der Waals surface area contributed by atoms with Crippen molar-refractivity contribution in [3.05, 3.63) is 36.0 Å². The molecule has 1 N–H and O–H groups in total. The molecule has 0 radical (unpaired) electrons. The number of fused-ring (bicyclic) bond motifs is 1. The average molecular weight is 316 g/mol. The van der Waals surface area contributed by atoms with Gasteiger partial charge in [-0.15, -0.1) is 5.06 Å². The highest BCUT2D eigenvalue weighted by atomic mass is 16.8. The van der Waals surface area contributed by atoms with E-state index in [0.29, 0.717) is 5.92 Å². The van der Waals surface area contributed by atoms with Crippen molar-refractivity contribution in [1.29, 1.82) is 0 Å². The van der Waals surface area contributed by atoms with Crippen molar-refractivity contribution in [1.82, 2.24) is 10.0 Å². The van der Waals surface area contributed by atoms with Crippen molar-refractivity contribution in [3.8, 4) is 0 Å². The van der Waals surface area contributed by atoms with E-state index in [-0.39, 0.29) is 0 Å². The average Bonchev–Trinajstić information content (AvgIpc) is 2.90. The zero-order valence-corrected chi connectivity index (χ0v) is 14.0. The predicted octanol–water partition coefficient (Wildman–Crippen LogP) is 4.21. The van der Waals surface area contributed by atoms with Gasteiger partial charge in [-0.25, -0.2) is 4.79 Å². The van der Waals surface area contributed by atoms with Crippen LogP contribution in [0.3, 0.4) is 0 Å². The number of aromatic amines is 1. The number of aromatic nitrogens is 1. The Morgan fingerprint density at radius 1 is 1.22 bits per heavy atom. The Bertz CT molecular complexity index is 679. The second kappa shape index (κ2) is 6.24. The number of para-hydroxylation sites is 1. The molecule has 2 aromatic rings. The van der Waals surface area contributed by atoms with E-state index in [1.807, 2.05) is 26.8 Å². The van der Waals surface area contributed by atoms with Gasteiger partial charge in [0.2, 0.25) is 0 Å². The summed E-state index contributed by atoms with van der Waals surface area (Å²) in [5, 5.41) is 3.00. The number of nitrogens with zero attached hydrogens (tertiary/aromatic N) is 1. The van der Waals surface area contributed by atoms with E-state index in [0.717, 1.165) is 25.9 Å². The van der Waals surface area contributed by atoms with Gasteiger partial charge in [0, 0.05) is 30.2 Å². The maximum Gasteiger partial charge on any atom is 0.528 e. The second-order valence-corrected chi connectivity index (χ2v) is 7.05. The SMILES string of the molecule is CC(C)(C)OC(=O)ON1CCC(c2c[nH]c3ccccc23)CC1. The lowest BCUT2D eigenvalue weighted by molar-refractivity contribution is -0.152. The summed E-state index contributed by atoms with van der Waals surface area (Å²) in [4.78, 5) is 20.3. The van der Waals surface area contributed by atoms with Crippen LogP contribution in [-0.2, 0) is 9.57 Å². The first-order valence-electron chi connectivity index (χ1n) is 8.14. The molecule has 5 nitrogen and oxygen atoms in total. The zero-order valence-electron chi connectivity index (χ0n) is 14.0. The van der Waals surface area contributed by atoms with Gasteiger partial charge in [0.1, 0.15) is 5.60 Å². The summed E-state index contributed by atoms with van der Waals surface area (Å²) in [6, 6.07) is 8.37. The van der Waals surface area contributed by atoms with Crippen LogP contribution in [0.2, 0.25) is 0 Å². The minimum atomic E-state index is -0.622. The highest BCUT2D eigenvalue weighted by Gasteiger charge is 2.26. The number of benzene rings is 1. The first-order chi connectivity index (χ1) is 10.9. The third kappa shape index (κ3) is 3.85. The van der Waals surface area contributed by atoms with Crippen molar-refractivity contribution in [2.45, 2.75) is 45.1 Å². The quantitative estimate of drug-likeness (QED) is 0.843. The summed E-state index contributed by atoms with van der Waals surface area (Å²) in [6.07, 6.45) is 3.41. The minimum Gasteiger partial charge on any atom is -0.427 e. The molecule has 2 heterocycles. The van der Waals surface area contributed by atoms with Gasteiger partial charge in [-0.05, 0) is 51.2 Å². The predicted molar refractivity (Wildman–Crippen MR) is 89.2 cm³/mol. The van der Waals surface area contributed by atoms with Crippen LogP contribution in [0.4, 0.5) is 4.79 Å². The van der Waals surface area contributed by atoms with Crippen LogP contribution in [0.5, 0.6) is 0 Å². The number of carbonyl (C=O) groups excluding carboxylic acids is 1. The van der Waals surface area contributed by atoms with Gasteiger partial charge in [0.25, 0.3) is 0 Å². The van der Waals surface area contributed by atoms with Crippen LogP contribution in [0.1, 0.15) is 45.1 Å². The van der Waals surface area contributed by atoms with Gasteiger partial charge >= 0.3 is 6.16 Å². The molecule has 1 saturated heterocycles. The fraction of sp³-hybridized carbons (Fsp3) is 0.500. The molecule has 1 aromatic carbocycles. The number of hydroxylamine groups is 2. The van der Waals surface area contributed by atoms with Crippen LogP contribution >= 0.6 is 0 Å². The molecule has 1 fully saturated rings. The molecule has 1 aromatic heterocycles. The van der Waals surface area contributed by atoms with E-state index < -0.39 is 11.8 Å². The summed E-state index contributed by atoms with van der Waals surface area (Å²) in [7, 11) is 0. The minimum absolute atomic E-state index is 0.490. The van der Waals surface area contributed by atoms with Crippen molar-refractivity contribution < 1.29 is 14.4 Å². The third-order valence-electron chi connectivity index (χ3n) is 4.11. The van der Waals surface area contributed by atoms with Crippen molar-refractivity contribution in [2.75, 3.05) is 13.1 Å². The van der Waals surface area contributed by atoms with Crippen LogP contribution < -0.4 is 0 Å². The molecule has 1 aliphatic rings. The van der Waals surface area contributed by atoms with Crippen molar-refractivity contribution in [3.63, 3.8) is 0 Å². The highest BCUT2D eigenvalue weighted by Crippen LogP contribution is 2.33. The van der Waals surface area contributed by atoms with Gasteiger partial charge < -0.3 is 14.6 Å². The van der Waals surface area contributed by atoms with Crippen molar-refractivity contribution in [2.24, 2.45) is 0 Å². The van der Waals surface area contributed by atoms with Crippen LogP contribution in [0.15, 0.2) is 30.5 Å². The number of piperidine rings is 1. The molecule has 23 heavy (non-hydrogen) atoms. The van der Waals surface area contributed by atoms with Crippen LogP contribution in [0, 0.1) is 0 Å². The maximum absolute atomic E-state index is 11.7. The molecule has 0 amide bonds. The Balaban J connectivity index is 1.57. The normalized spacial score (nSPS) is 17.3. The van der Waals surface area contributed by atoms with Crippen LogP contribution in [-0.4, -0.2) is 34.9 Å². The molecular weight excluding hydrogens is 292 g/mol. The zero-order chi connectivity index (χ0) is 16.4. The Kier molecular flexibility index (Phi) is 4.31. The molecular formula is C18H24N2O3. The summed E-state index contributed by atoms with van der Waals surface area (Å²) in [5.41, 5.74) is 2.01. The number of hydrogen-bond acceptors (Lipinski definition) is 4. The van der Waals surface area contributed by atoms with Gasteiger partial charge in [0.05, 0.1) is 0 Å². The number of ether oxygens (including phenoxy) is 1. The summed E-state index contributed by atoms with van der Waals surface area (Å²) in [5.74, 6) is 0.490. The standard InChI is InChI=1S/C18H24N2O3/c1-18(2,3)22-17(21)23-20-10-8-13(9-11-20)15-12-19-16-7-5-4-6-14(15)16/h4-7,12-13,19H,8-11H2,1-3H3. The maximum atomic E-state index is 11.7.